The molecule has 2 aliphatic rings. The van der Waals surface area contributed by atoms with Gasteiger partial charge in [-0.1, -0.05) is 18.9 Å². The standard InChI is InChI=1S/C21H41N7O/c1-6-13-29-19-26-18(24-12-10-8-7-9-11-22)25-17(28(19)23)16-14-20(2,3)27-21(4,5)15-16/h6,16,19,27H,1,7-15,22-23H2,2-5H3,(H,24,26). The van der Waals surface area contributed by atoms with Crippen LogP contribution in [0.1, 0.15) is 66.2 Å². The molecule has 0 bridgehead atoms. The number of nitrogens with zero attached hydrogens (tertiary/aromatic N) is 3. The number of nitrogens with two attached hydrogens (primary N) is 2. The van der Waals surface area contributed by atoms with Crippen LogP contribution in [-0.2, 0) is 4.74 Å². The number of rotatable bonds is 10. The summed E-state index contributed by atoms with van der Waals surface area (Å²) >= 11 is 0. The van der Waals surface area contributed by atoms with Crippen molar-refractivity contribution in [3.63, 3.8) is 0 Å². The highest BCUT2D eigenvalue weighted by Gasteiger charge is 2.42. The third-order valence-corrected chi connectivity index (χ3v) is 5.29. The van der Waals surface area contributed by atoms with E-state index in [-0.39, 0.29) is 17.0 Å². The van der Waals surface area contributed by atoms with E-state index in [1.165, 1.54) is 0 Å². The summed E-state index contributed by atoms with van der Waals surface area (Å²) in [5.41, 5.74) is 5.55. The summed E-state index contributed by atoms with van der Waals surface area (Å²) in [4.78, 5) is 9.49. The zero-order chi connectivity index (χ0) is 21.5. The van der Waals surface area contributed by atoms with E-state index in [9.17, 15) is 0 Å². The Balaban J connectivity index is 2.16. The maximum Gasteiger partial charge on any atom is 0.225 e. The van der Waals surface area contributed by atoms with Crippen molar-refractivity contribution in [2.45, 2.75) is 83.6 Å². The minimum absolute atomic E-state index is 0.00157. The van der Waals surface area contributed by atoms with Gasteiger partial charge in [0, 0.05) is 23.5 Å². The second-order valence-electron chi connectivity index (χ2n) is 9.40. The first-order valence-corrected chi connectivity index (χ1v) is 10.8. The molecule has 8 nitrogen and oxygen atoms in total. The van der Waals surface area contributed by atoms with Crippen LogP contribution in [0.25, 0.3) is 0 Å². The van der Waals surface area contributed by atoms with Gasteiger partial charge >= 0.3 is 0 Å². The van der Waals surface area contributed by atoms with Gasteiger partial charge < -0.3 is 21.1 Å². The molecular formula is C21H41N7O. The van der Waals surface area contributed by atoms with E-state index >= 15 is 0 Å². The van der Waals surface area contributed by atoms with Gasteiger partial charge in [-0.3, -0.25) is 10.0 Å². The number of hydrogen-bond acceptors (Lipinski definition) is 6. The molecule has 0 aromatic carbocycles. The quantitative estimate of drug-likeness (QED) is 0.250. The minimum Gasteiger partial charge on any atom is -0.335 e. The van der Waals surface area contributed by atoms with E-state index in [4.69, 9.17) is 21.3 Å². The predicted molar refractivity (Wildman–Crippen MR) is 120 cm³/mol. The Kier molecular flexibility index (Phi) is 8.63. The molecule has 8 heteroatoms. The van der Waals surface area contributed by atoms with Crippen LogP contribution in [-0.4, -0.2) is 53.9 Å². The number of hydrogen-bond donors (Lipinski definition) is 4. The molecule has 0 saturated carbocycles. The summed E-state index contributed by atoms with van der Waals surface area (Å²) in [6.07, 6.45) is 7.47. The van der Waals surface area contributed by atoms with E-state index < -0.39 is 6.35 Å². The summed E-state index contributed by atoms with van der Waals surface area (Å²) in [7, 11) is 0. The van der Waals surface area contributed by atoms with Crippen molar-refractivity contribution in [1.29, 1.82) is 0 Å². The summed E-state index contributed by atoms with van der Waals surface area (Å²) in [6.45, 7) is 14.5. The number of unbranched alkanes of at least 4 members (excludes halogenated alkanes) is 3. The van der Waals surface area contributed by atoms with Crippen molar-refractivity contribution in [3.8, 4) is 0 Å². The van der Waals surface area contributed by atoms with E-state index in [1.807, 2.05) is 0 Å². The highest BCUT2D eigenvalue weighted by atomic mass is 16.5. The topological polar surface area (TPSA) is 113 Å². The molecule has 1 fully saturated rings. The number of piperidine rings is 1. The maximum atomic E-state index is 6.44. The number of aliphatic imine (C=N–C) groups is 2. The lowest BCUT2D eigenvalue weighted by molar-refractivity contribution is -0.0307. The Morgan fingerprint density at radius 1 is 1.21 bits per heavy atom. The first kappa shape index (κ1) is 23.8. The SMILES string of the molecule is C=CCOC1NC(=NCCCCCCN)N=C(C2CC(C)(C)NC(C)(C)C2)N1N. The van der Waals surface area contributed by atoms with Gasteiger partial charge in [0.15, 0.2) is 0 Å². The molecule has 1 atom stereocenters. The smallest absolute Gasteiger partial charge is 0.225 e. The molecule has 29 heavy (non-hydrogen) atoms. The molecule has 0 spiro atoms. The third-order valence-electron chi connectivity index (χ3n) is 5.29. The van der Waals surface area contributed by atoms with Crippen LogP contribution < -0.4 is 22.2 Å². The number of nitrogens with one attached hydrogen (secondary N) is 2. The fraction of sp³-hybridized carbons (Fsp3) is 0.810. The molecular weight excluding hydrogens is 366 g/mol. The molecule has 0 aliphatic carbocycles. The Labute approximate surface area is 176 Å². The molecule has 6 N–H and O–H groups in total. The summed E-state index contributed by atoms with van der Waals surface area (Å²) in [5.74, 6) is 8.09. The van der Waals surface area contributed by atoms with Gasteiger partial charge in [0.25, 0.3) is 0 Å². The Morgan fingerprint density at radius 3 is 2.48 bits per heavy atom. The van der Waals surface area contributed by atoms with Crippen LogP contribution in [0.2, 0.25) is 0 Å². The largest absolute Gasteiger partial charge is 0.335 e. The Hall–Kier alpha value is -1.48. The van der Waals surface area contributed by atoms with Crippen LogP contribution in [0.3, 0.4) is 0 Å². The molecule has 0 radical (unpaired) electrons. The van der Waals surface area contributed by atoms with Crippen LogP contribution >= 0.6 is 0 Å². The number of hydrazine groups is 1. The van der Waals surface area contributed by atoms with Crippen molar-refractivity contribution in [3.05, 3.63) is 12.7 Å². The highest BCUT2D eigenvalue weighted by molar-refractivity contribution is 5.99. The second-order valence-corrected chi connectivity index (χ2v) is 9.40. The third kappa shape index (κ3) is 7.37. The van der Waals surface area contributed by atoms with E-state index in [0.29, 0.717) is 12.6 Å². The van der Waals surface area contributed by atoms with Crippen molar-refractivity contribution in [2.24, 2.45) is 27.5 Å². The van der Waals surface area contributed by atoms with Crippen molar-refractivity contribution in [2.75, 3.05) is 19.7 Å². The van der Waals surface area contributed by atoms with Gasteiger partial charge in [-0.05, 0) is 59.9 Å². The van der Waals surface area contributed by atoms with Gasteiger partial charge in [0.2, 0.25) is 12.3 Å². The molecule has 166 valence electrons. The van der Waals surface area contributed by atoms with Crippen LogP contribution in [0.4, 0.5) is 0 Å². The normalized spacial score (nSPS) is 25.6. The molecule has 2 rings (SSSR count). The lowest BCUT2D eigenvalue weighted by atomic mass is 9.75. The van der Waals surface area contributed by atoms with Crippen molar-refractivity contribution < 1.29 is 4.74 Å². The van der Waals surface area contributed by atoms with Gasteiger partial charge in [-0.2, -0.15) is 4.99 Å². The number of guanidine groups is 1. The molecule has 1 saturated heterocycles. The first-order valence-electron chi connectivity index (χ1n) is 10.8. The average molecular weight is 408 g/mol. The van der Waals surface area contributed by atoms with Gasteiger partial charge in [0.05, 0.1) is 6.61 Å². The van der Waals surface area contributed by atoms with Crippen molar-refractivity contribution in [1.82, 2.24) is 15.6 Å². The lowest BCUT2D eigenvalue weighted by Crippen LogP contribution is -2.65. The highest BCUT2D eigenvalue weighted by Crippen LogP contribution is 2.34. The van der Waals surface area contributed by atoms with Gasteiger partial charge in [0.1, 0.15) is 5.84 Å². The van der Waals surface area contributed by atoms with E-state index in [2.05, 4.69) is 49.9 Å². The van der Waals surface area contributed by atoms with Crippen LogP contribution in [0.5, 0.6) is 0 Å². The molecule has 1 unspecified atom stereocenters. The average Bonchev–Trinajstić information content (AvgIpc) is 2.61. The molecule has 0 aromatic rings. The number of ether oxygens (including phenoxy) is 1. The maximum absolute atomic E-state index is 6.44. The Morgan fingerprint density at radius 2 is 1.86 bits per heavy atom. The molecule has 2 heterocycles. The Bertz CT molecular complexity index is 584. The summed E-state index contributed by atoms with van der Waals surface area (Å²) in [5, 5.41) is 8.54. The van der Waals surface area contributed by atoms with E-state index in [1.54, 1.807) is 11.1 Å². The molecule has 0 amide bonds. The summed E-state index contributed by atoms with van der Waals surface area (Å²) < 4.78 is 5.84. The minimum atomic E-state index is -0.502. The zero-order valence-electron chi connectivity index (χ0n) is 18.7. The fourth-order valence-electron chi connectivity index (χ4n) is 4.46. The summed E-state index contributed by atoms with van der Waals surface area (Å²) in [6, 6.07) is 0. The molecule has 0 aromatic heterocycles. The zero-order valence-corrected chi connectivity index (χ0v) is 18.7. The second kappa shape index (κ2) is 10.5. The number of amidine groups is 1. The monoisotopic (exact) mass is 407 g/mol. The lowest BCUT2D eigenvalue weighted by Gasteiger charge is -2.48. The molecule has 2 aliphatic heterocycles. The van der Waals surface area contributed by atoms with Gasteiger partial charge in [-0.25, -0.2) is 5.84 Å². The predicted octanol–water partition coefficient (Wildman–Crippen LogP) is 2.08. The van der Waals surface area contributed by atoms with Gasteiger partial charge in [-0.15, -0.1) is 6.58 Å². The van der Waals surface area contributed by atoms with Crippen LogP contribution in [0.15, 0.2) is 22.6 Å². The fourth-order valence-corrected chi connectivity index (χ4v) is 4.46. The van der Waals surface area contributed by atoms with Crippen LogP contribution in [0, 0.1) is 5.92 Å². The van der Waals surface area contributed by atoms with Crippen molar-refractivity contribution >= 4 is 11.8 Å². The van der Waals surface area contributed by atoms with E-state index in [0.717, 1.165) is 57.5 Å². The first-order chi connectivity index (χ1) is 13.7.